The Labute approximate surface area is 175 Å². The zero-order valence-corrected chi connectivity index (χ0v) is 17.1. The average molecular weight is 404 g/mol. The molecule has 154 valence electrons. The SMILES string of the molecule is Cc1nc(CC(=O)N2CCN(CCc3ccc4c(c3)COC4=O)CC2)ccc1C#N. The smallest absolute Gasteiger partial charge is 0.338 e. The van der Waals surface area contributed by atoms with Crippen LogP contribution in [0.25, 0.3) is 0 Å². The molecule has 1 aromatic heterocycles. The summed E-state index contributed by atoms with van der Waals surface area (Å²) < 4.78 is 5.06. The van der Waals surface area contributed by atoms with Gasteiger partial charge in [0.05, 0.1) is 28.9 Å². The minimum absolute atomic E-state index is 0.0783. The van der Waals surface area contributed by atoms with Crippen LogP contribution in [0, 0.1) is 18.3 Å². The number of esters is 1. The summed E-state index contributed by atoms with van der Waals surface area (Å²) in [5.74, 6) is -0.154. The first-order chi connectivity index (χ1) is 14.5. The summed E-state index contributed by atoms with van der Waals surface area (Å²) in [6, 6.07) is 11.5. The summed E-state index contributed by atoms with van der Waals surface area (Å²) in [5.41, 5.74) is 4.76. The van der Waals surface area contributed by atoms with Gasteiger partial charge in [0.15, 0.2) is 0 Å². The van der Waals surface area contributed by atoms with Crippen LogP contribution in [-0.4, -0.2) is 59.4 Å². The van der Waals surface area contributed by atoms with Gasteiger partial charge in [-0.05, 0) is 37.1 Å². The number of cyclic esters (lactones) is 1. The zero-order chi connectivity index (χ0) is 21.1. The van der Waals surface area contributed by atoms with Crippen LogP contribution in [-0.2, 0) is 29.0 Å². The summed E-state index contributed by atoms with van der Waals surface area (Å²) in [6.07, 6.45) is 1.17. The van der Waals surface area contributed by atoms with Gasteiger partial charge in [-0.15, -0.1) is 0 Å². The van der Waals surface area contributed by atoms with Crippen molar-refractivity contribution in [3.8, 4) is 6.07 Å². The second-order valence-electron chi connectivity index (χ2n) is 7.76. The van der Waals surface area contributed by atoms with Crippen LogP contribution in [0.5, 0.6) is 0 Å². The predicted molar refractivity (Wildman–Crippen MR) is 110 cm³/mol. The number of rotatable bonds is 5. The molecular formula is C23H24N4O3. The number of piperazine rings is 1. The van der Waals surface area contributed by atoms with Crippen LogP contribution in [0.3, 0.4) is 0 Å². The molecule has 3 heterocycles. The number of hydrogen-bond donors (Lipinski definition) is 0. The van der Waals surface area contributed by atoms with Gasteiger partial charge in [-0.2, -0.15) is 5.26 Å². The Morgan fingerprint density at radius 3 is 2.73 bits per heavy atom. The van der Waals surface area contributed by atoms with E-state index in [1.54, 1.807) is 19.1 Å². The lowest BCUT2D eigenvalue weighted by Gasteiger charge is -2.34. The van der Waals surface area contributed by atoms with Gasteiger partial charge in [-0.3, -0.25) is 14.7 Å². The molecule has 7 nitrogen and oxygen atoms in total. The Hall–Kier alpha value is -3.24. The monoisotopic (exact) mass is 404 g/mol. The lowest BCUT2D eigenvalue weighted by Crippen LogP contribution is -2.49. The maximum atomic E-state index is 12.6. The number of amides is 1. The van der Waals surface area contributed by atoms with Crippen molar-refractivity contribution in [1.29, 1.82) is 5.26 Å². The maximum Gasteiger partial charge on any atom is 0.338 e. The van der Waals surface area contributed by atoms with Gasteiger partial charge >= 0.3 is 5.97 Å². The number of nitriles is 1. The Morgan fingerprint density at radius 2 is 2.00 bits per heavy atom. The van der Waals surface area contributed by atoms with E-state index in [-0.39, 0.29) is 18.3 Å². The first-order valence-corrected chi connectivity index (χ1v) is 10.2. The summed E-state index contributed by atoms with van der Waals surface area (Å²) in [5, 5.41) is 9.00. The molecule has 0 bridgehead atoms. The van der Waals surface area contributed by atoms with Gasteiger partial charge in [0.2, 0.25) is 5.91 Å². The molecular weight excluding hydrogens is 380 g/mol. The normalized spacial score (nSPS) is 16.1. The first-order valence-electron chi connectivity index (χ1n) is 10.2. The van der Waals surface area contributed by atoms with E-state index in [0.717, 1.165) is 31.6 Å². The number of carbonyl (C=O) groups is 2. The third kappa shape index (κ3) is 4.34. The van der Waals surface area contributed by atoms with E-state index in [2.05, 4.69) is 22.0 Å². The van der Waals surface area contributed by atoms with Crippen LogP contribution in [0.15, 0.2) is 30.3 Å². The fourth-order valence-corrected chi connectivity index (χ4v) is 3.95. The van der Waals surface area contributed by atoms with E-state index in [0.29, 0.717) is 42.2 Å². The molecule has 30 heavy (non-hydrogen) atoms. The van der Waals surface area contributed by atoms with Gasteiger partial charge in [-0.25, -0.2) is 4.79 Å². The standard InChI is InChI=1S/C23H24N4O3/c1-16-18(14-24)3-4-20(25-16)13-22(28)27-10-8-26(9-11-27)7-6-17-2-5-21-19(12-17)15-30-23(21)29/h2-5,12H,6-11,13,15H2,1H3. The van der Waals surface area contributed by atoms with E-state index in [4.69, 9.17) is 10.00 Å². The molecule has 1 fully saturated rings. The number of fused-ring (bicyclic) bond motifs is 1. The zero-order valence-electron chi connectivity index (χ0n) is 17.1. The van der Waals surface area contributed by atoms with E-state index < -0.39 is 0 Å². The van der Waals surface area contributed by atoms with Crippen molar-refractivity contribution in [2.45, 2.75) is 26.4 Å². The fraction of sp³-hybridized carbons (Fsp3) is 0.391. The van der Waals surface area contributed by atoms with Gasteiger partial charge in [0.25, 0.3) is 0 Å². The minimum Gasteiger partial charge on any atom is -0.457 e. The van der Waals surface area contributed by atoms with Crippen LogP contribution in [0.2, 0.25) is 0 Å². The molecule has 0 aliphatic carbocycles. The number of pyridine rings is 1. The lowest BCUT2D eigenvalue weighted by molar-refractivity contribution is -0.132. The van der Waals surface area contributed by atoms with Crippen molar-refractivity contribution in [2.75, 3.05) is 32.7 Å². The highest BCUT2D eigenvalue weighted by Gasteiger charge is 2.23. The molecule has 7 heteroatoms. The number of hydrogen-bond acceptors (Lipinski definition) is 6. The molecule has 0 unspecified atom stereocenters. The number of carbonyl (C=O) groups excluding carboxylic acids is 2. The highest BCUT2D eigenvalue weighted by atomic mass is 16.5. The van der Waals surface area contributed by atoms with Crippen molar-refractivity contribution in [2.24, 2.45) is 0 Å². The topological polar surface area (TPSA) is 86.5 Å². The van der Waals surface area contributed by atoms with Crippen molar-refractivity contribution in [3.05, 3.63) is 64.0 Å². The summed E-state index contributed by atoms with van der Waals surface area (Å²) in [4.78, 5) is 32.8. The van der Waals surface area contributed by atoms with Crippen LogP contribution in [0.4, 0.5) is 0 Å². The summed E-state index contributed by atoms with van der Waals surface area (Å²) in [7, 11) is 0. The molecule has 0 radical (unpaired) electrons. The Kier molecular flexibility index (Phi) is 5.77. The average Bonchev–Trinajstić information content (AvgIpc) is 3.13. The summed E-state index contributed by atoms with van der Waals surface area (Å²) >= 11 is 0. The van der Waals surface area contributed by atoms with Crippen LogP contribution in [0.1, 0.15) is 38.4 Å². The molecule has 2 aliphatic rings. The molecule has 0 spiro atoms. The molecule has 2 aromatic rings. The number of aromatic nitrogens is 1. The Bertz CT molecular complexity index is 1020. The summed E-state index contributed by atoms with van der Waals surface area (Å²) in [6.45, 7) is 6.19. The lowest BCUT2D eigenvalue weighted by atomic mass is 10.0. The predicted octanol–water partition coefficient (Wildman–Crippen LogP) is 1.86. The molecule has 1 amide bonds. The van der Waals surface area contributed by atoms with Gasteiger partial charge in [0, 0.05) is 38.3 Å². The van der Waals surface area contributed by atoms with E-state index >= 15 is 0 Å². The largest absolute Gasteiger partial charge is 0.457 e. The molecule has 0 atom stereocenters. The van der Waals surface area contributed by atoms with E-state index in [9.17, 15) is 9.59 Å². The number of benzene rings is 1. The molecule has 1 saturated heterocycles. The fourth-order valence-electron chi connectivity index (χ4n) is 3.95. The quantitative estimate of drug-likeness (QED) is 0.707. The maximum absolute atomic E-state index is 12.6. The number of ether oxygens (including phenoxy) is 1. The number of nitrogens with zero attached hydrogens (tertiary/aromatic N) is 4. The second-order valence-corrected chi connectivity index (χ2v) is 7.76. The second kappa shape index (κ2) is 8.64. The van der Waals surface area contributed by atoms with Crippen LogP contribution < -0.4 is 0 Å². The molecule has 0 N–H and O–H groups in total. The van der Waals surface area contributed by atoms with Crippen molar-refractivity contribution in [3.63, 3.8) is 0 Å². The molecule has 4 rings (SSSR count). The van der Waals surface area contributed by atoms with E-state index in [1.807, 2.05) is 17.0 Å². The van der Waals surface area contributed by atoms with Crippen molar-refractivity contribution < 1.29 is 14.3 Å². The Balaban J connectivity index is 1.25. The molecule has 1 aromatic carbocycles. The van der Waals surface area contributed by atoms with Crippen molar-refractivity contribution in [1.82, 2.24) is 14.8 Å². The number of aryl methyl sites for hydroxylation is 1. The highest BCUT2D eigenvalue weighted by Crippen LogP contribution is 2.21. The van der Waals surface area contributed by atoms with Crippen molar-refractivity contribution >= 4 is 11.9 Å². The highest BCUT2D eigenvalue weighted by molar-refractivity contribution is 5.93. The minimum atomic E-state index is -0.233. The van der Waals surface area contributed by atoms with Gasteiger partial charge in [-0.1, -0.05) is 12.1 Å². The third-order valence-corrected chi connectivity index (χ3v) is 5.79. The first kappa shape index (κ1) is 20.0. The van der Waals surface area contributed by atoms with Gasteiger partial charge < -0.3 is 9.64 Å². The Morgan fingerprint density at radius 1 is 1.20 bits per heavy atom. The van der Waals surface area contributed by atoms with E-state index in [1.165, 1.54) is 5.56 Å². The van der Waals surface area contributed by atoms with Gasteiger partial charge in [0.1, 0.15) is 12.7 Å². The molecule has 0 saturated carbocycles. The molecule has 2 aliphatic heterocycles. The third-order valence-electron chi connectivity index (χ3n) is 5.79. The van der Waals surface area contributed by atoms with Crippen LogP contribution >= 0.6 is 0 Å².